The summed E-state index contributed by atoms with van der Waals surface area (Å²) < 4.78 is 10.2. The van der Waals surface area contributed by atoms with Crippen LogP contribution in [0.5, 0.6) is 0 Å². The van der Waals surface area contributed by atoms with Crippen molar-refractivity contribution in [2.24, 2.45) is 0 Å². The van der Waals surface area contributed by atoms with Crippen molar-refractivity contribution >= 4 is 11.7 Å². The van der Waals surface area contributed by atoms with Gasteiger partial charge in [-0.05, 0) is 18.6 Å². The van der Waals surface area contributed by atoms with E-state index in [9.17, 15) is 4.79 Å². The number of hydrogen-bond donors (Lipinski definition) is 0. The molecule has 0 unspecified atom stereocenters. The molecule has 1 aliphatic rings. The van der Waals surface area contributed by atoms with Crippen LogP contribution in [0.1, 0.15) is 22.8 Å². The third kappa shape index (κ3) is 1.66. The van der Waals surface area contributed by atoms with Gasteiger partial charge in [-0.1, -0.05) is 18.2 Å². The highest BCUT2D eigenvalue weighted by Crippen LogP contribution is 2.31. The van der Waals surface area contributed by atoms with Crippen LogP contribution in [0.4, 0.5) is 0 Å². The van der Waals surface area contributed by atoms with Gasteiger partial charge in [-0.15, -0.1) is 0 Å². The molecule has 0 amide bonds. The van der Waals surface area contributed by atoms with E-state index < -0.39 is 0 Å². The van der Waals surface area contributed by atoms with Crippen LogP contribution in [0.25, 0.3) is 5.76 Å². The van der Waals surface area contributed by atoms with Crippen LogP contribution in [-0.4, -0.2) is 19.7 Å². The van der Waals surface area contributed by atoms with E-state index in [1.807, 2.05) is 25.1 Å². The summed E-state index contributed by atoms with van der Waals surface area (Å²) in [6.07, 6.45) is 0. The average Bonchev–Trinajstić information content (AvgIpc) is 2.58. The molecule has 2 rings (SSSR count). The van der Waals surface area contributed by atoms with Crippen LogP contribution in [0.3, 0.4) is 0 Å². The molecular weight excluding hydrogens is 192 g/mol. The molecule has 3 heteroatoms. The molecule has 0 saturated carbocycles. The number of ether oxygens (including phenoxy) is 2. The van der Waals surface area contributed by atoms with Crippen molar-refractivity contribution in [3.8, 4) is 0 Å². The molecule has 0 bridgehead atoms. The van der Waals surface area contributed by atoms with E-state index in [0.29, 0.717) is 17.9 Å². The molecule has 0 spiro atoms. The molecule has 0 aliphatic carbocycles. The summed E-state index contributed by atoms with van der Waals surface area (Å²) in [7, 11) is 1.62. The third-order valence-corrected chi connectivity index (χ3v) is 2.33. The number of cyclic esters (lactones) is 1. The van der Waals surface area contributed by atoms with Crippen molar-refractivity contribution in [1.82, 2.24) is 0 Å². The lowest BCUT2D eigenvalue weighted by Crippen LogP contribution is -1.96. The molecule has 0 N–H and O–H groups in total. The smallest absolute Gasteiger partial charge is 0.344 e. The van der Waals surface area contributed by atoms with Crippen molar-refractivity contribution in [3.05, 3.63) is 41.0 Å². The van der Waals surface area contributed by atoms with E-state index in [0.717, 1.165) is 11.1 Å². The van der Waals surface area contributed by atoms with Crippen LogP contribution in [-0.2, 0) is 9.47 Å². The minimum atomic E-state index is -0.281. The fourth-order valence-corrected chi connectivity index (χ4v) is 1.66. The van der Waals surface area contributed by atoms with E-state index >= 15 is 0 Å². The maximum Gasteiger partial charge on any atom is 0.344 e. The van der Waals surface area contributed by atoms with Gasteiger partial charge in [0.25, 0.3) is 0 Å². The minimum absolute atomic E-state index is 0.281. The molecule has 15 heavy (non-hydrogen) atoms. The number of methoxy groups -OCH3 is 1. The molecule has 78 valence electrons. The topological polar surface area (TPSA) is 35.5 Å². The van der Waals surface area contributed by atoms with Gasteiger partial charge < -0.3 is 9.47 Å². The first-order valence-corrected chi connectivity index (χ1v) is 4.74. The second kappa shape index (κ2) is 3.87. The lowest BCUT2D eigenvalue weighted by atomic mass is 10.1. The summed E-state index contributed by atoms with van der Waals surface area (Å²) in [5.74, 6) is 0.355. The monoisotopic (exact) mass is 204 g/mol. The molecular formula is C12H12O3. The average molecular weight is 204 g/mol. The summed E-state index contributed by atoms with van der Waals surface area (Å²) in [5.41, 5.74) is 2.41. The molecule has 0 radical (unpaired) electrons. The van der Waals surface area contributed by atoms with Crippen molar-refractivity contribution in [3.63, 3.8) is 0 Å². The van der Waals surface area contributed by atoms with E-state index in [4.69, 9.17) is 9.47 Å². The maximum atomic E-state index is 11.5. The van der Waals surface area contributed by atoms with Crippen molar-refractivity contribution < 1.29 is 14.3 Å². The minimum Gasteiger partial charge on any atom is -0.422 e. The lowest BCUT2D eigenvalue weighted by Gasteiger charge is -2.04. The Kier molecular flexibility index (Phi) is 2.56. The van der Waals surface area contributed by atoms with Crippen molar-refractivity contribution in [1.29, 1.82) is 0 Å². The van der Waals surface area contributed by atoms with E-state index in [2.05, 4.69) is 0 Å². The van der Waals surface area contributed by atoms with Gasteiger partial charge in [-0.3, -0.25) is 0 Å². The fourth-order valence-electron chi connectivity index (χ4n) is 1.66. The van der Waals surface area contributed by atoms with Gasteiger partial charge in [0.15, 0.2) is 0 Å². The van der Waals surface area contributed by atoms with Crippen LogP contribution in [0.2, 0.25) is 0 Å². The Morgan fingerprint density at radius 1 is 1.33 bits per heavy atom. The van der Waals surface area contributed by atoms with Crippen LogP contribution >= 0.6 is 0 Å². The third-order valence-electron chi connectivity index (χ3n) is 2.33. The van der Waals surface area contributed by atoms with Gasteiger partial charge in [0, 0.05) is 12.7 Å². The summed E-state index contributed by atoms with van der Waals surface area (Å²) in [5, 5.41) is 0. The Labute approximate surface area is 88.3 Å². The zero-order valence-electron chi connectivity index (χ0n) is 8.74. The van der Waals surface area contributed by atoms with E-state index in [-0.39, 0.29) is 5.97 Å². The number of carbonyl (C=O) groups excluding carboxylic acids is 1. The first kappa shape index (κ1) is 9.93. The van der Waals surface area contributed by atoms with Crippen LogP contribution in [0, 0.1) is 0 Å². The molecule has 1 aliphatic heterocycles. The lowest BCUT2D eigenvalue weighted by molar-refractivity contribution is 0.0712. The van der Waals surface area contributed by atoms with E-state index in [1.54, 1.807) is 13.2 Å². The van der Waals surface area contributed by atoms with Crippen LogP contribution in [0.15, 0.2) is 29.8 Å². The first-order chi connectivity index (χ1) is 7.24. The summed E-state index contributed by atoms with van der Waals surface area (Å²) in [4.78, 5) is 11.5. The Hall–Kier alpha value is -1.61. The molecule has 0 atom stereocenters. The fraction of sp³-hybridized carbons (Fsp3) is 0.250. The maximum absolute atomic E-state index is 11.5. The summed E-state index contributed by atoms with van der Waals surface area (Å²) >= 11 is 0. The zero-order valence-corrected chi connectivity index (χ0v) is 8.74. The molecule has 1 aromatic carbocycles. The largest absolute Gasteiger partial charge is 0.422 e. The van der Waals surface area contributed by atoms with Gasteiger partial charge in [0.2, 0.25) is 0 Å². The highest BCUT2D eigenvalue weighted by Gasteiger charge is 2.26. The van der Waals surface area contributed by atoms with Gasteiger partial charge in [0.05, 0.1) is 12.2 Å². The number of esters is 1. The molecule has 0 saturated heterocycles. The Morgan fingerprint density at radius 3 is 2.67 bits per heavy atom. The predicted molar refractivity (Wildman–Crippen MR) is 56.3 cm³/mol. The first-order valence-electron chi connectivity index (χ1n) is 4.74. The molecule has 0 aromatic heterocycles. The zero-order chi connectivity index (χ0) is 10.8. The van der Waals surface area contributed by atoms with Crippen molar-refractivity contribution in [2.75, 3.05) is 13.7 Å². The second-order valence-electron chi connectivity index (χ2n) is 3.48. The van der Waals surface area contributed by atoms with Gasteiger partial charge in [-0.2, -0.15) is 0 Å². The highest BCUT2D eigenvalue weighted by atomic mass is 16.5. The number of fused-ring (bicyclic) bond motifs is 1. The SMILES string of the molecule is COCC(C)=C1OC(=O)c2ccccc21. The molecule has 0 fully saturated rings. The van der Waals surface area contributed by atoms with Crippen molar-refractivity contribution in [2.45, 2.75) is 6.92 Å². The molecule has 1 aromatic rings. The van der Waals surface area contributed by atoms with E-state index in [1.165, 1.54) is 0 Å². The number of benzene rings is 1. The summed E-state index contributed by atoms with van der Waals surface area (Å²) in [6.45, 7) is 2.37. The predicted octanol–water partition coefficient (Wildman–Crippen LogP) is 2.23. The Morgan fingerprint density at radius 2 is 2.00 bits per heavy atom. The second-order valence-corrected chi connectivity index (χ2v) is 3.48. The number of carbonyl (C=O) groups is 1. The van der Waals surface area contributed by atoms with Gasteiger partial charge in [0.1, 0.15) is 5.76 Å². The molecule has 3 nitrogen and oxygen atoms in total. The standard InChI is InChI=1S/C12H12O3/c1-8(7-14-2)11-9-5-3-4-6-10(9)12(13)15-11/h3-6H,7H2,1-2H3. The quantitative estimate of drug-likeness (QED) is 0.693. The Bertz CT molecular complexity index is 432. The number of rotatable bonds is 2. The summed E-state index contributed by atoms with van der Waals surface area (Å²) in [6, 6.07) is 7.37. The Balaban J connectivity index is 2.49. The molecule has 1 heterocycles. The van der Waals surface area contributed by atoms with Gasteiger partial charge >= 0.3 is 5.97 Å². The highest BCUT2D eigenvalue weighted by molar-refractivity contribution is 6.03. The number of hydrogen-bond acceptors (Lipinski definition) is 3. The normalized spacial score (nSPS) is 17.3. The van der Waals surface area contributed by atoms with Gasteiger partial charge in [-0.25, -0.2) is 4.79 Å². The van der Waals surface area contributed by atoms with Crippen LogP contribution < -0.4 is 0 Å².